The van der Waals surface area contributed by atoms with E-state index in [2.05, 4.69) is 4.52 Å². The number of alkyl halides is 15. The molecule has 0 saturated heterocycles. The Morgan fingerprint density at radius 3 is 1.45 bits per heavy atom. The van der Waals surface area contributed by atoms with E-state index in [-0.39, 0.29) is 0 Å². The Bertz CT molecular complexity index is 878. The predicted molar refractivity (Wildman–Crippen MR) is 60.7 cm³/mol. The second kappa shape index (κ2) is 7.02. The summed E-state index contributed by atoms with van der Waals surface area (Å²) in [4.78, 5) is 12.7. The zero-order valence-electron chi connectivity index (χ0n) is 13.3. The minimum absolute atomic E-state index is 0.574. The summed E-state index contributed by atoms with van der Waals surface area (Å²) >= 11 is 0. The number of nitrogens with zero attached hydrogens (tertiary/aromatic N) is 2. The van der Waals surface area contributed by atoms with Crippen molar-refractivity contribution in [2.45, 2.75) is 41.7 Å². The topological polar surface area (TPSA) is 88.2 Å². The number of rotatable bonds is 7. The Labute approximate surface area is 156 Å². The van der Waals surface area contributed by atoms with Gasteiger partial charge in [-0.25, -0.2) is 10.3 Å². The lowest BCUT2D eigenvalue weighted by Crippen LogP contribution is -2.72. The third-order valence-electron chi connectivity index (χ3n) is 3.34. The lowest BCUT2D eigenvalue weighted by atomic mass is 9.91. The van der Waals surface area contributed by atoms with Crippen molar-refractivity contribution in [3.8, 4) is 0 Å². The van der Waals surface area contributed by atoms with Crippen LogP contribution in [0.2, 0.25) is 0 Å². The van der Waals surface area contributed by atoms with E-state index in [1.165, 1.54) is 0 Å². The maximum absolute atomic E-state index is 13.7. The molecular formula is C10H2F15N3O3. The maximum Gasteiger partial charge on any atom is 0.460 e. The van der Waals surface area contributed by atoms with Crippen molar-refractivity contribution in [3.63, 3.8) is 0 Å². The number of aromatic nitrogens is 2. The Morgan fingerprint density at radius 1 is 0.677 bits per heavy atom. The van der Waals surface area contributed by atoms with E-state index >= 15 is 0 Å². The molecule has 0 radical (unpaired) electrons. The van der Waals surface area contributed by atoms with Crippen LogP contribution in [0.4, 0.5) is 71.7 Å². The van der Waals surface area contributed by atoms with Gasteiger partial charge >= 0.3 is 47.3 Å². The van der Waals surface area contributed by atoms with Gasteiger partial charge in [0.2, 0.25) is 11.6 Å². The molecule has 0 unspecified atom stereocenters. The summed E-state index contributed by atoms with van der Waals surface area (Å²) in [6.07, 6.45) is -7.72. The molecule has 0 spiro atoms. The highest BCUT2D eigenvalue weighted by atomic mass is 19.4. The smallest absolute Gasteiger partial charge is 0.307 e. The van der Waals surface area contributed by atoms with E-state index < -0.39 is 59.0 Å². The largest absolute Gasteiger partial charge is 0.460 e. The first-order valence-corrected chi connectivity index (χ1v) is 6.57. The summed E-state index contributed by atoms with van der Waals surface area (Å²) < 4.78 is 199. The van der Waals surface area contributed by atoms with Crippen LogP contribution in [0.15, 0.2) is 9.32 Å². The van der Waals surface area contributed by atoms with Crippen molar-refractivity contribution >= 4 is 5.82 Å². The Hall–Kier alpha value is -2.48. The Kier molecular flexibility index (Phi) is 6.01. The first kappa shape index (κ1) is 26.6. The molecule has 2 N–H and O–H groups in total. The SMILES string of the molecule is O=c1onc(C(F)(F)C(F)(F)C(F)(F)C(F)(F)C(F)(F)C(F)(F)C(F)(F)F)nc1NO. The van der Waals surface area contributed by atoms with Crippen LogP contribution >= 0.6 is 0 Å². The molecule has 0 amide bonds. The van der Waals surface area contributed by atoms with E-state index in [4.69, 9.17) is 5.21 Å². The summed E-state index contributed by atoms with van der Waals surface area (Å²) in [6, 6.07) is 0. The molecule has 6 nitrogen and oxygen atoms in total. The lowest BCUT2D eigenvalue weighted by Gasteiger charge is -2.41. The molecule has 0 aliphatic carbocycles. The summed E-state index contributed by atoms with van der Waals surface area (Å²) in [7, 11) is 0. The van der Waals surface area contributed by atoms with Crippen LogP contribution in [0, 0.1) is 0 Å². The fourth-order valence-electron chi connectivity index (χ4n) is 1.61. The monoisotopic (exact) mass is 497 g/mol. The summed E-state index contributed by atoms with van der Waals surface area (Å²) in [6.45, 7) is 0. The molecule has 0 fully saturated rings. The van der Waals surface area contributed by atoms with Crippen LogP contribution in [0.3, 0.4) is 0 Å². The number of hydrogen-bond donors (Lipinski definition) is 2. The average Bonchev–Trinajstić information content (AvgIpc) is 2.60. The van der Waals surface area contributed by atoms with E-state index in [1.807, 2.05) is 4.98 Å². The third kappa shape index (κ3) is 3.41. The molecule has 0 aliphatic rings. The highest BCUT2D eigenvalue weighted by Gasteiger charge is 2.93. The molecule has 0 atom stereocenters. The van der Waals surface area contributed by atoms with Crippen molar-refractivity contribution < 1.29 is 75.6 Å². The molecular weight excluding hydrogens is 495 g/mol. The first-order valence-electron chi connectivity index (χ1n) is 6.57. The van der Waals surface area contributed by atoms with Gasteiger partial charge in [0, 0.05) is 0 Å². The molecule has 1 aromatic heterocycles. The Balaban J connectivity index is 3.71. The fourth-order valence-corrected chi connectivity index (χ4v) is 1.61. The number of anilines is 1. The molecule has 0 saturated carbocycles. The fraction of sp³-hybridized carbons (Fsp3) is 0.700. The quantitative estimate of drug-likeness (QED) is 0.437. The molecule has 0 aliphatic heterocycles. The number of halogens is 15. The van der Waals surface area contributed by atoms with Gasteiger partial charge in [0.25, 0.3) is 0 Å². The highest BCUT2D eigenvalue weighted by Crippen LogP contribution is 2.63. The van der Waals surface area contributed by atoms with Crippen molar-refractivity contribution in [1.29, 1.82) is 0 Å². The van der Waals surface area contributed by atoms with Crippen LogP contribution in [0.5, 0.6) is 0 Å². The molecule has 31 heavy (non-hydrogen) atoms. The van der Waals surface area contributed by atoms with Crippen LogP contribution in [-0.2, 0) is 5.92 Å². The van der Waals surface area contributed by atoms with Gasteiger partial charge in [-0.15, -0.1) is 0 Å². The van der Waals surface area contributed by atoms with Crippen molar-refractivity contribution in [2.75, 3.05) is 5.48 Å². The van der Waals surface area contributed by atoms with Crippen LogP contribution in [-0.4, -0.2) is 51.1 Å². The molecule has 21 heteroatoms. The third-order valence-corrected chi connectivity index (χ3v) is 3.34. The standard InChI is InChI=1S/C10H2F15N3O3/c11-4(12,3-26-1(27-30)2(29)31-28-3)5(13,14)6(15,16)7(17,18)8(19,20)9(21,22)10(23,24)25/h30H,(H,26,27,28). The first-order chi connectivity index (χ1) is 13.4. The molecule has 0 aromatic carbocycles. The molecule has 1 aromatic rings. The lowest BCUT2D eigenvalue weighted by molar-refractivity contribution is -0.454. The van der Waals surface area contributed by atoms with Crippen molar-refractivity contribution in [2.24, 2.45) is 0 Å². The van der Waals surface area contributed by atoms with Crippen molar-refractivity contribution in [3.05, 3.63) is 16.2 Å². The zero-order valence-corrected chi connectivity index (χ0v) is 13.3. The molecule has 1 rings (SSSR count). The van der Waals surface area contributed by atoms with Gasteiger partial charge in [-0.2, -0.15) is 70.8 Å². The zero-order chi connectivity index (χ0) is 25.1. The number of hydrogen-bond acceptors (Lipinski definition) is 6. The van der Waals surface area contributed by atoms with Gasteiger partial charge in [0.1, 0.15) is 0 Å². The van der Waals surface area contributed by atoms with Gasteiger partial charge in [0.05, 0.1) is 0 Å². The minimum Gasteiger partial charge on any atom is -0.307 e. The van der Waals surface area contributed by atoms with Gasteiger partial charge in [-0.3, -0.25) is 5.21 Å². The Morgan fingerprint density at radius 2 is 1.06 bits per heavy atom. The van der Waals surface area contributed by atoms with Crippen LogP contribution in [0.25, 0.3) is 0 Å². The number of nitrogens with one attached hydrogen (secondary N) is 1. The summed E-state index contributed by atoms with van der Waals surface area (Å²) in [5.41, 5.74) is -1.48. The van der Waals surface area contributed by atoms with E-state index in [0.29, 0.717) is 5.48 Å². The average molecular weight is 497 g/mol. The van der Waals surface area contributed by atoms with Crippen LogP contribution in [0.1, 0.15) is 5.82 Å². The second-order valence-electron chi connectivity index (χ2n) is 5.31. The molecule has 180 valence electrons. The van der Waals surface area contributed by atoms with E-state index in [9.17, 15) is 70.7 Å². The normalized spacial score (nSPS) is 15.2. The molecule has 0 bridgehead atoms. The van der Waals surface area contributed by atoms with Gasteiger partial charge in [0.15, 0.2) is 0 Å². The van der Waals surface area contributed by atoms with Crippen molar-refractivity contribution in [1.82, 2.24) is 10.1 Å². The summed E-state index contributed by atoms with van der Waals surface area (Å²) in [5.74, 6) is -53.4. The van der Waals surface area contributed by atoms with E-state index in [1.54, 1.807) is 5.16 Å². The minimum atomic E-state index is -8.49. The highest BCUT2D eigenvalue weighted by molar-refractivity contribution is 5.27. The van der Waals surface area contributed by atoms with Gasteiger partial charge in [-0.1, -0.05) is 5.16 Å². The predicted octanol–water partition coefficient (Wildman–Crippen LogP) is 4.06. The van der Waals surface area contributed by atoms with E-state index in [0.717, 1.165) is 0 Å². The van der Waals surface area contributed by atoms with Gasteiger partial charge < -0.3 is 4.52 Å². The summed E-state index contributed by atoms with van der Waals surface area (Å²) in [5, 5.41) is 9.98. The molecule has 1 heterocycles. The van der Waals surface area contributed by atoms with Gasteiger partial charge in [-0.05, 0) is 0 Å². The second-order valence-corrected chi connectivity index (χ2v) is 5.31. The maximum atomic E-state index is 13.7. The van der Waals surface area contributed by atoms with Crippen LogP contribution < -0.4 is 11.1 Å².